The van der Waals surface area contributed by atoms with Crippen LogP contribution in [-0.2, 0) is 6.54 Å². The third kappa shape index (κ3) is 2.80. The summed E-state index contributed by atoms with van der Waals surface area (Å²) in [5.74, 6) is 0. The van der Waals surface area contributed by atoms with Crippen molar-refractivity contribution < 1.29 is 9.90 Å². The summed E-state index contributed by atoms with van der Waals surface area (Å²) < 4.78 is 0. The zero-order chi connectivity index (χ0) is 14.2. The fraction of sp³-hybridized carbons (Fsp3) is 0.562. The van der Waals surface area contributed by atoms with Crippen molar-refractivity contribution in [2.24, 2.45) is 5.41 Å². The Hall–Kier alpha value is -1.55. The molecule has 1 amide bonds. The molecule has 2 fully saturated rings. The molecule has 1 saturated heterocycles. The Morgan fingerprint density at radius 2 is 2.00 bits per heavy atom. The Morgan fingerprint density at radius 3 is 2.60 bits per heavy atom. The normalized spacial score (nSPS) is 25.4. The number of nitrogens with zero attached hydrogens (tertiary/aromatic N) is 2. The van der Waals surface area contributed by atoms with Crippen LogP contribution in [0.5, 0.6) is 0 Å². The molecule has 1 aliphatic heterocycles. The maximum atomic E-state index is 11.3. The Bertz CT molecular complexity index is 485. The highest BCUT2D eigenvalue weighted by Gasteiger charge is 2.48. The predicted octanol–water partition coefficient (Wildman–Crippen LogP) is 2.65. The minimum absolute atomic E-state index is 0.220. The van der Waals surface area contributed by atoms with Gasteiger partial charge < -0.3 is 10.0 Å². The molecule has 1 aromatic rings. The summed E-state index contributed by atoms with van der Waals surface area (Å²) in [6.45, 7) is 5.40. The molecule has 1 heterocycles. The maximum absolute atomic E-state index is 11.3. The standard InChI is InChI=1S/C16H22N2O2/c1-13-9-18(15(19)20)12-16(7-8-16)11-17(13)10-14-5-3-2-4-6-14/h2-6,13H,7-12H2,1H3,(H,19,20)/t13-/m0/s1. The van der Waals surface area contributed by atoms with E-state index in [0.29, 0.717) is 13.1 Å². The Labute approximate surface area is 120 Å². The van der Waals surface area contributed by atoms with E-state index in [2.05, 4.69) is 36.1 Å². The first-order valence-corrected chi connectivity index (χ1v) is 7.34. The summed E-state index contributed by atoms with van der Waals surface area (Å²) in [5, 5.41) is 9.32. The van der Waals surface area contributed by atoms with E-state index in [1.807, 2.05) is 6.07 Å². The van der Waals surface area contributed by atoms with E-state index < -0.39 is 6.09 Å². The Balaban J connectivity index is 1.75. The van der Waals surface area contributed by atoms with Gasteiger partial charge in [-0.05, 0) is 25.3 Å². The van der Waals surface area contributed by atoms with Gasteiger partial charge in [-0.15, -0.1) is 0 Å². The fourth-order valence-corrected chi connectivity index (χ4v) is 3.21. The van der Waals surface area contributed by atoms with Gasteiger partial charge in [-0.3, -0.25) is 4.90 Å². The third-order valence-electron chi connectivity index (χ3n) is 4.63. The molecule has 20 heavy (non-hydrogen) atoms. The summed E-state index contributed by atoms with van der Waals surface area (Å²) in [5.41, 5.74) is 1.52. The molecular weight excluding hydrogens is 252 g/mol. The highest BCUT2D eigenvalue weighted by Crippen LogP contribution is 2.48. The summed E-state index contributed by atoms with van der Waals surface area (Å²) in [6, 6.07) is 10.7. The number of rotatable bonds is 2. The summed E-state index contributed by atoms with van der Waals surface area (Å²) >= 11 is 0. The minimum atomic E-state index is -0.773. The van der Waals surface area contributed by atoms with Gasteiger partial charge in [0.15, 0.2) is 0 Å². The molecule has 0 bridgehead atoms. The van der Waals surface area contributed by atoms with Gasteiger partial charge in [-0.25, -0.2) is 4.79 Å². The number of benzene rings is 1. The zero-order valence-corrected chi connectivity index (χ0v) is 12.0. The molecule has 3 rings (SSSR count). The highest BCUT2D eigenvalue weighted by atomic mass is 16.4. The van der Waals surface area contributed by atoms with Crippen LogP contribution >= 0.6 is 0 Å². The van der Waals surface area contributed by atoms with E-state index in [4.69, 9.17) is 0 Å². The van der Waals surface area contributed by atoms with Gasteiger partial charge in [0.25, 0.3) is 0 Å². The van der Waals surface area contributed by atoms with Crippen LogP contribution in [0.15, 0.2) is 30.3 Å². The van der Waals surface area contributed by atoms with Gasteiger partial charge in [0, 0.05) is 37.6 Å². The largest absolute Gasteiger partial charge is 0.465 e. The van der Waals surface area contributed by atoms with Gasteiger partial charge in [0.2, 0.25) is 0 Å². The van der Waals surface area contributed by atoms with Crippen molar-refractivity contribution in [2.45, 2.75) is 32.4 Å². The summed E-state index contributed by atoms with van der Waals surface area (Å²) in [7, 11) is 0. The van der Waals surface area contributed by atoms with Crippen molar-refractivity contribution in [2.75, 3.05) is 19.6 Å². The van der Waals surface area contributed by atoms with Crippen LogP contribution in [0.2, 0.25) is 0 Å². The lowest BCUT2D eigenvalue weighted by Crippen LogP contribution is -2.40. The lowest BCUT2D eigenvalue weighted by atomic mass is 10.1. The molecule has 4 heteroatoms. The van der Waals surface area contributed by atoms with Crippen LogP contribution in [0.25, 0.3) is 0 Å². The molecule has 1 atom stereocenters. The van der Waals surface area contributed by atoms with Crippen molar-refractivity contribution in [1.82, 2.24) is 9.80 Å². The van der Waals surface area contributed by atoms with E-state index in [1.165, 1.54) is 5.56 Å². The molecule has 1 aliphatic carbocycles. The van der Waals surface area contributed by atoms with E-state index in [-0.39, 0.29) is 11.5 Å². The molecule has 108 valence electrons. The summed E-state index contributed by atoms with van der Waals surface area (Å²) in [4.78, 5) is 15.4. The van der Waals surface area contributed by atoms with Crippen LogP contribution in [0.3, 0.4) is 0 Å². The first-order chi connectivity index (χ1) is 9.58. The van der Waals surface area contributed by atoms with Gasteiger partial charge in [-0.2, -0.15) is 0 Å². The molecule has 2 aliphatic rings. The molecule has 1 N–H and O–H groups in total. The molecule has 0 unspecified atom stereocenters. The van der Waals surface area contributed by atoms with Crippen LogP contribution in [0.4, 0.5) is 4.79 Å². The third-order valence-corrected chi connectivity index (χ3v) is 4.63. The van der Waals surface area contributed by atoms with Crippen LogP contribution < -0.4 is 0 Å². The number of carbonyl (C=O) groups is 1. The average Bonchev–Trinajstić information content (AvgIpc) is 3.19. The Kier molecular flexibility index (Phi) is 3.42. The second-order valence-corrected chi connectivity index (χ2v) is 6.40. The van der Waals surface area contributed by atoms with E-state index in [0.717, 1.165) is 25.9 Å². The number of hydrogen-bond acceptors (Lipinski definition) is 2. The van der Waals surface area contributed by atoms with Crippen LogP contribution in [0, 0.1) is 5.41 Å². The molecule has 1 spiro atoms. The molecular formula is C16H22N2O2. The van der Waals surface area contributed by atoms with Crippen molar-refractivity contribution in [3.8, 4) is 0 Å². The predicted molar refractivity (Wildman–Crippen MR) is 77.6 cm³/mol. The number of hydrogen-bond donors (Lipinski definition) is 1. The topological polar surface area (TPSA) is 43.8 Å². The number of amides is 1. The van der Waals surface area contributed by atoms with Gasteiger partial charge in [0.05, 0.1) is 0 Å². The van der Waals surface area contributed by atoms with Crippen molar-refractivity contribution in [3.63, 3.8) is 0 Å². The highest BCUT2D eigenvalue weighted by molar-refractivity contribution is 5.65. The smallest absolute Gasteiger partial charge is 0.407 e. The molecule has 0 radical (unpaired) electrons. The minimum Gasteiger partial charge on any atom is -0.465 e. The summed E-state index contributed by atoms with van der Waals surface area (Å²) in [6.07, 6.45) is 1.55. The van der Waals surface area contributed by atoms with Crippen molar-refractivity contribution >= 4 is 6.09 Å². The lowest BCUT2D eigenvalue weighted by Gasteiger charge is -2.29. The first kappa shape index (κ1) is 13.4. The second kappa shape index (κ2) is 5.09. The molecule has 1 saturated carbocycles. The SMILES string of the molecule is C[C@H]1CN(C(=O)O)CC2(CC2)CN1Cc1ccccc1. The van der Waals surface area contributed by atoms with Gasteiger partial charge in [-0.1, -0.05) is 30.3 Å². The monoisotopic (exact) mass is 274 g/mol. The van der Waals surface area contributed by atoms with Crippen LogP contribution in [0.1, 0.15) is 25.3 Å². The van der Waals surface area contributed by atoms with Gasteiger partial charge >= 0.3 is 6.09 Å². The second-order valence-electron chi connectivity index (χ2n) is 6.40. The average molecular weight is 274 g/mol. The van der Waals surface area contributed by atoms with E-state index in [9.17, 15) is 9.90 Å². The first-order valence-electron chi connectivity index (χ1n) is 7.34. The maximum Gasteiger partial charge on any atom is 0.407 e. The Morgan fingerprint density at radius 1 is 1.30 bits per heavy atom. The van der Waals surface area contributed by atoms with E-state index >= 15 is 0 Å². The lowest BCUT2D eigenvalue weighted by molar-refractivity contribution is 0.134. The quantitative estimate of drug-likeness (QED) is 0.901. The molecule has 0 aromatic heterocycles. The number of carboxylic acid groups (broad SMARTS) is 1. The fourth-order valence-electron chi connectivity index (χ4n) is 3.21. The van der Waals surface area contributed by atoms with Gasteiger partial charge in [0.1, 0.15) is 0 Å². The molecule has 1 aromatic carbocycles. The van der Waals surface area contributed by atoms with E-state index in [1.54, 1.807) is 4.90 Å². The zero-order valence-electron chi connectivity index (χ0n) is 12.0. The van der Waals surface area contributed by atoms with Crippen LogP contribution in [-0.4, -0.2) is 46.7 Å². The molecule has 4 nitrogen and oxygen atoms in total. The van der Waals surface area contributed by atoms with Crippen molar-refractivity contribution in [3.05, 3.63) is 35.9 Å². The van der Waals surface area contributed by atoms with Crippen molar-refractivity contribution in [1.29, 1.82) is 0 Å².